The number of hydrogen-bond donors (Lipinski definition) is 3. The van der Waals surface area contributed by atoms with Crippen LogP contribution in [0.25, 0.3) is 11.0 Å². The molecule has 3 aromatic rings. The summed E-state index contributed by atoms with van der Waals surface area (Å²) in [7, 11) is 0. The smallest absolute Gasteiger partial charge is 0.203 e. The molecule has 0 bridgehead atoms. The Bertz CT molecular complexity index is 716. The summed E-state index contributed by atoms with van der Waals surface area (Å²) in [5, 5.41) is 10.8. The molecule has 0 atom stereocenters. The Hall–Kier alpha value is -2.21. The molecule has 3 rings (SSSR count). The number of fused-ring (bicyclic) bond motifs is 1. The van der Waals surface area contributed by atoms with Crippen molar-refractivity contribution >= 4 is 29.2 Å². The van der Waals surface area contributed by atoms with E-state index < -0.39 is 0 Å². The first-order valence-corrected chi connectivity index (χ1v) is 5.95. The van der Waals surface area contributed by atoms with E-state index in [1.54, 1.807) is 6.20 Å². The van der Waals surface area contributed by atoms with Gasteiger partial charge in [0.25, 0.3) is 0 Å². The first-order chi connectivity index (χ1) is 8.83. The molecule has 0 aliphatic heterocycles. The van der Waals surface area contributed by atoms with E-state index >= 15 is 0 Å². The molecule has 0 amide bonds. The minimum atomic E-state index is 0.535. The van der Waals surface area contributed by atoms with E-state index in [2.05, 4.69) is 37.6 Å². The van der Waals surface area contributed by atoms with Crippen LogP contribution in [0.15, 0.2) is 36.5 Å². The third-order valence-corrected chi connectivity index (χ3v) is 2.94. The number of rotatable bonds is 3. The molecule has 18 heavy (non-hydrogen) atoms. The maximum absolute atomic E-state index is 5.19. The van der Waals surface area contributed by atoms with Gasteiger partial charge in [0.1, 0.15) is 10.3 Å². The first-order valence-electron chi connectivity index (χ1n) is 5.54. The number of nitrogens with one attached hydrogen (secondary N) is 3. The zero-order chi connectivity index (χ0) is 12.4. The summed E-state index contributed by atoms with van der Waals surface area (Å²) in [5.41, 5.74) is 1.97. The molecule has 1 aromatic carbocycles. The molecule has 0 radical (unpaired) electrons. The summed E-state index contributed by atoms with van der Waals surface area (Å²) < 4.78 is 0.535. The maximum atomic E-state index is 5.19. The van der Waals surface area contributed by atoms with Crippen LogP contribution in [-0.2, 0) is 6.54 Å². The Balaban J connectivity index is 1.85. The molecule has 0 fully saturated rings. The fraction of sp³-hybridized carbons (Fsp3) is 0.0833. The van der Waals surface area contributed by atoms with E-state index in [1.165, 1.54) is 5.56 Å². The van der Waals surface area contributed by atoms with Crippen molar-refractivity contribution in [3.8, 4) is 0 Å². The van der Waals surface area contributed by atoms with E-state index in [4.69, 9.17) is 12.2 Å². The van der Waals surface area contributed by atoms with Crippen LogP contribution in [-0.4, -0.2) is 20.2 Å². The summed E-state index contributed by atoms with van der Waals surface area (Å²) in [6.45, 7) is 0.693. The second kappa shape index (κ2) is 4.58. The van der Waals surface area contributed by atoms with Crippen molar-refractivity contribution in [1.82, 2.24) is 20.2 Å². The lowest BCUT2D eigenvalue weighted by Crippen LogP contribution is -2.03. The Kier molecular flexibility index (Phi) is 2.77. The van der Waals surface area contributed by atoms with Crippen LogP contribution < -0.4 is 5.32 Å². The van der Waals surface area contributed by atoms with Gasteiger partial charge in [-0.05, 0) is 5.56 Å². The Morgan fingerprint density at radius 3 is 2.89 bits per heavy atom. The Morgan fingerprint density at radius 1 is 1.22 bits per heavy atom. The van der Waals surface area contributed by atoms with Crippen molar-refractivity contribution in [3.63, 3.8) is 0 Å². The molecule has 0 saturated carbocycles. The van der Waals surface area contributed by atoms with Crippen LogP contribution >= 0.6 is 12.2 Å². The van der Waals surface area contributed by atoms with Gasteiger partial charge in [0, 0.05) is 6.54 Å². The summed E-state index contributed by atoms with van der Waals surface area (Å²) in [5.74, 6) is 0.639. The minimum absolute atomic E-state index is 0.535. The van der Waals surface area contributed by atoms with E-state index in [0.29, 0.717) is 17.1 Å². The largest absolute Gasteiger partial charge is 0.352 e. The standard InChI is InChI=1S/C12H11N5S/c18-11-9-7-14-17-10(9)15-12(16-11)13-6-8-4-2-1-3-5-8/h1-5,7H,6H2,(H3,13,14,15,16,17,18). The number of H-pyrrole nitrogens is 2. The molecule has 5 nitrogen and oxygen atoms in total. The quantitative estimate of drug-likeness (QED) is 0.631. The number of nitrogens with zero attached hydrogens (tertiary/aromatic N) is 2. The highest BCUT2D eigenvalue weighted by Gasteiger charge is 2.02. The number of hydrogen-bond acceptors (Lipinski definition) is 4. The second-order valence-electron chi connectivity index (χ2n) is 3.89. The highest BCUT2D eigenvalue weighted by molar-refractivity contribution is 7.71. The van der Waals surface area contributed by atoms with Crippen LogP contribution in [0.1, 0.15) is 5.56 Å². The van der Waals surface area contributed by atoms with Crippen LogP contribution in [0.3, 0.4) is 0 Å². The molecule has 0 aliphatic carbocycles. The molecule has 2 heterocycles. The molecule has 2 aromatic heterocycles. The van der Waals surface area contributed by atoms with Crippen molar-refractivity contribution < 1.29 is 0 Å². The second-order valence-corrected chi connectivity index (χ2v) is 4.28. The van der Waals surface area contributed by atoms with Crippen molar-refractivity contribution in [3.05, 3.63) is 46.7 Å². The average Bonchev–Trinajstić information content (AvgIpc) is 2.86. The molecule has 0 unspecified atom stereocenters. The van der Waals surface area contributed by atoms with Gasteiger partial charge in [0.2, 0.25) is 5.95 Å². The molecule has 90 valence electrons. The summed E-state index contributed by atoms with van der Waals surface area (Å²) in [4.78, 5) is 7.39. The van der Waals surface area contributed by atoms with Crippen molar-refractivity contribution in [2.75, 3.05) is 5.32 Å². The molecular weight excluding hydrogens is 246 g/mol. The minimum Gasteiger partial charge on any atom is -0.352 e. The fourth-order valence-electron chi connectivity index (χ4n) is 1.72. The topological polar surface area (TPSA) is 69.4 Å². The highest BCUT2D eigenvalue weighted by atomic mass is 32.1. The molecule has 0 aliphatic rings. The SMILES string of the molecule is S=c1nc(NCc2ccccc2)[nH]c2[nH]ncc12. The third kappa shape index (κ3) is 2.10. The van der Waals surface area contributed by atoms with E-state index in [-0.39, 0.29) is 0 Å². The van der Waals surface area contributed by atoms with Gasteiger partial charge in [0.15, 0.2) is 0 Å². The predicted molar refractivity (Wildman–Crippen MR) is 72.8 cm³/mol. The Labute approximate surface area is 108 Å². The lowest BCUT2D eigenvalue weighted by atomic mass is 10.2. The predicted octanol–water partition coefficient (Wildman–Crippen LogP) is 2.63. The number of benzene rings is 1. The molecule has 6 heteroatoms. The molecular formula is C12H11N5S. The van der Waals surface area contributed by atoms with Crippen LogP contribution in [0.4, 0.5) is 5.95 Å². The normalized spacial score (nSPS) is 10.7. The van der Waals surface area contributed by atoms with Crippen LogP contribution in [0.5, 0.6) is 0 Å². The summed E-state index contributed by atoms with van der Waals surface area (Å²) in [6, 6.07) is 10.1. The van der Waals surface area contributed by atoms with Gasteiger partial charge in [-0.1, -0.05) is 42.5 Å². The van der Waals surface area contributed by atoms with Crippen LogP contribution in [0, 0.1) is 4.64 Å². The first kappa shape index (κ1) is 10.9. The molecule has 0 spiro atoms. The number of anilines is 1. The lowest BCUT2D eigenvalue weighted by Gasteiger charge is -2.05. The monoisotopic (exact) mass is 257 g/mol. The van der Waals surface area contributed by atoms with Gasteiger partial charge < -0.3 is 10.3 Å². The van der Waals surface area contributed by atoms with Gasteiger partial charge in [-0.2, -0.15) is 5.10 Å². The Morgan fingerprint density at radius 2 is 2.06 bits per heavy atom. The van der Waals surface area contributed by atoms with Gasteiger partial charge in [-0.15, -0.1) is 0 Å². The average molecular weight is 257 g/mol. The number of aromatic amines is 2. The molecule has 0 saturated heterocycles. The number of aromatic nitrogens is 4. The van der Waals surface area contributed by atoms with E-state index in [1.807, 2.05) is 18.2 Å². The summed E-state index contributed by atoms with van der Waals surface area (Å²) in [6.07, 6.45) is 1.67. The molecule has 3 N–H and O–H groups in total. The van der Waals surface area contributed by atoms with E-state index in [9.17, 15) is 0 Å². The van der Waals surface area contributed by atoms with Crippen molar-refractivity contribution in [1.29, 1.82) is 0 Å². The third-order valence-electron chi connectivity index (χ3n) is 2.63. The van der Waals surface area contributed by atoms with E-state index in [0.717, 1.165) is 11.0 Å². The van der Waals surface area contributed by atoms with Crippen LogP contribution in [0.2, 0.25) is 0 Å². The zero-order valence-electron chi connectivity index (χ0n) is 9.47. The van der Waals surface area contributed by atoms with Crippen molar-refractivity contribution in [2.24, 2.45) is 0 Å². The van der Waals surface area contributed by atoms with Gasteiger partial charge in [-0.3, -0.25) is 5.10 Å². The van der Waals surface area contributed by atoms with Crippen molar-refractivity contribution in [2.45, 2.75) is 6.54 Å². The van der Waals surface area contributed by atoms with Gasteiger partial charge in [0.05, 0.1) is 11.6 Å². The zero-order valence-corrected chi connectivity index (χ0v) is 10.3. The maximum Gasteiger partial charge on any atom is 0.203 e. The lowest BCUT2D eigenvalue weighted by molar-refractivity contribution is 1.05. The fourth-order valence-corrected chi connectivity index (χ4v) is 1.96. The van der Waals surface area contributed by atoms with Gasteiger partial charge >= 0.3 is 0 Å². The van der Waals surface area contributed by atoms with Gasteiger partial charge in [-0.25, -0.2) is 4.98 Å². The summed E-state index contributed by atoms with van der Waals surface area (Å²) >= 11 is 5.19. The highest BCUT2D eigenvalue weighted by Crippen LogP contribution is 2.11.